The molecule has 1 aliphatic carbocycles. The van der Waals surface area contributed by atoms with Gasteiger partial charge in [-0.05, 0) is 29.2 Å². The average Bonchev–Trinajstić information content (AvgIpc) is 3.00. The third-order valence-electron chi connectivity index (χ3n) is 4.26. The van der Waals surface area contributed by atoms with Crippen LogP contribution in [-0.2, 0) is 14.3 Å². The van der Waals surface area contributed by atoms with E-state index in [9.17, 15) is 9.59 Å². The Morgan fingerprint density at radius 2 is 1.56 bits per heavy atom. The summed E-state index contributed by atoms with van der Waals surface area (Å²) in [6, 6.07) is 16.3. The minimum absolute atomic E-state index is 0.0217. The van der Waals surface area contributed by atoms with Gasteiger partial charge in [0.1, 0.15) is 6.61 Å². The Bertz CT molecular complexity index is 763. The molecule has 0 spiro atoms. The zero-order valence-corrected chi connectivity index (χ0v) is 15.1. The second-order valence-electron chi connectivity index (χ2n) is 5.93. The molecule has 0 unspecified atom stereocenters. The van der Waals surface area contributed by atoms with Crippen molar-refractivity contribution in [2.45, 2.75) is 12.8 Å². The number of benzene rings is 2. The van der Waals surface area contributed by atoms with Crippen LogP contribution in [0.5, 0.6) is 0 Å². The molecule has 2 aromatic carbocycles. The lowest BCUT2D eigenvalue weighted by Gasteiger charge is -2.14. The van der Waals surface area contributed by atoms with Crippen molar-refractivity contribution in [2.75, 3.05) is 26.3 Å². The Balaban J connectivity index is 1.46. The predicted octanol–water partition coefficient (Wildman–Crippen LogP) is 3.20. The highest BCUT2D eigenvalue weighted by atomic mass is 16.8. The van der Waals surface area contributed by atoms with E-state index >= 15 is 0 Å². The number of carbonyl (C=O) groups is 2. The van der Waals surface area contributed by atoms with Crippen LogP contribution >= 0.6 is 0 Å². The standard InChI is InChI=1S/C20H22N2O5/c1-2-25-20(24)27-22-12-11-21-19(23)26-13-18-16-9-5-3-7-14(16)15-8-4-6-10-17(15)18/h3-10,18,22H,2,11-13H2,1H3,(H,21,23). The molecule has 3 rings (SSSR count). The number of rotatable bonds is 7. The first kappa shape index (κ1) is 18.7. The van der Waals surface area contributed by atoms with Crippen LogP contribution in [0.2, 0.25) is 0 Å². The van der Waals surface area contributed by atoms with Crippen molar-refractivity contribution in [3.05, 3.63) is 59.7 Å². The fraction of sp³-hybridized carbons (Fsp3) is 0.300. The highest BCUT2D eigenvalue weighted by Crippen LogP contribution is 2.44. The van der Waals surface area contributed by atoms with E-state index in [0.29, 0.717) is 0 Å². The van der Waals surface area contributed by atoms with Crippen LogP contribution in [0.15, 0.2) is 48.5 Å². The zero-order valence-electron chi connectivity index (χ0n) is 15.1. The molecule has 1 amide bonds. The first-order valence-corrected chi connectivity index (χ1v) is 8.86. The Morgan fingerprint density at radius 3 is 2.19 bits per heavy atom. The van der Waals surface area contributed by atoms with Gasteiger partial charge in [0.2, 0.25) is 0 Å². The molecule has 0 aromatic heterocycles. The third kappa shape index (κ3) is 4.57. The molecule has 7 heteroatoms. The number of hydrogen-bond acceptors (Lipinski definition) is 6. The number of carbonyl (C=O) groups excluding carboxylic acids is 2. The van der Waals surface area contributed by atoms with Gasteiger partial charge in [0.05, 0.1) is 6.61 Å². The van der Waals surface area contributed by atoms with Crippen LogP contribution < -0.4 is 10.8 Å². The van der Waals surface area contributed by atoms with E-state index in [2.05, 4.69) is 44.6 Å². The molecule has 0 heterocycles. The van der Waals surface area contributed by atoms with Gasteiger partial charge < -0.3 is 19.6 Å². The normalized spacial score (nSPS) is 12.0. The van der Waals surface area contributed by atoms with Crippen molar-refractivity contribution in [3.63, 3.8) is 0 Å². The van der Waals surface area contributed by atoms with Gasteiger partial charge in [-0.3, -0.25) is 0 Å². The first-order chi connectivity index (χ1) is 13.2. The predicted molar refractivity (Wildman–Crippen MR) is 99.2 cm³/mol. The maximum Gasteiger partial charge on any atom is 0.527 e. The molecule has 142 valence electrons. The number of hydrogen-bond donors (Lipinski definition) is 2. The Labute approximate surface area is 157 Å². The molecular formula is C20H22N2O5. The highest BCUT2D eigenvalue weighted by Gasteiger charge is 2.28. The summed E-state index contributed by atoms with van der Waals surface area (Å²) in [6.45, 7) is 2.66. The maximum atomic E-state index is 11.9. The smallest absolute Gasteiger partial charge is 0.449 e. The lowest BCUT2D eigenvalue weighted by atomic mass is 9.98. The molecule has 7 nitrogen and oxygen atoms in total. The molecule has 27 heavy (non-hydrogen) atoms. The van der Waals surface area contributed by atoms with E-state index < -0.39 is 12.2 Å². The summed E-state index contributed by atoms with van der Waals surface area (Å²) >= 11 is 0. The van der Waals surface area contributed by atoms with E-state index in [4.69, 9.17) is 4.74 Å². The SMILES string of the molecule is CCOC(=O)ONCCNC(=O)OCC1c2ccccc2-c2ccccc21. The highest BCUT2D eigenvalue weighted by molar-refractivity contribution is 5.79. The maximum absolute atomic E-state index is 11.9. The van der Waals surface area contributed by atoms with Gasteiger partial charge in [0.15, 0.2) is 0 Å². The van der Waals surface area contributed by atoms with Gasteiger partial charge in [0, 0.05) is 19.0 Å². The van der Waals surface area contributed by atoms with E-state index in [1.165, 1.54) is 11.1 Å². The molecule has 0 radical (unpaired) electrons. The fourth-order valence-corrected chi connectivity index (χ4v) is 3.12. The monoisotopic (exact) mass is 370 g/mol. The van der Waals surface area contributed by atoms with Crippen LogP contribution in [0.4, 0.5) is 9.59 Å². The van der Waals surface area contributed by atoms with E-state index in [0.717, 1.165) is 11.1 Å². The number of fused-ring (bicyclic) bond motifs is 3. The Morgan fingerprint density at radius 1 is 0.926 bits per heavy atom. The summed E-state index contributed by atoms with van der Waals surface area (Å²) in [5.41, 5.74) is 7.10. The quantitative estimate of drug-likeness (QED) is 0.442. The fourth-order valence-electron chi connectivity index (χ4n) is 3.12. The molecule has 0 atom stereocenters. The molecule has 1 aliphatic rings. The van der Waals surface area contributed by atoms with Crippen LogP contribution in [0.3, 0.4) is 0 Å². The molecule has 0 saturated heterocycles. The third-order valence-corrected chi connectivity index (χ3v) is 4.26. The van der Waals surface area contributed by atoms with Crippen molar-refractivity contribution >= 4 is 12.2 Å². The molecule has 2 aromatic rings. The van der Waals surface area contributed by atoms with Crippen molar-refractivity contribution < 1.29 is 23.9 Å². The number of ether oxygens (including phenoxy) is 2. The van der Waals surface area contributed by atoms with Gasteiger partial charge in [0.25, 0.3) is 0 Å². The zero-order chi connectivity index (χ0) is 19.1. The summed E-state index contributed by atoms with van der Waals surface area (Å²) in [5.74, 6) is 0.0217. The van der Waals surface area contributed by atoms with Crippen molar-refractivity contribution in [2.24, 2.45) is 0 Å². The number of hydroxylamine groups is 1. The number of alkyl carbamates (subject to hydrolysis) is 1. The van der Waals surface area contributed by atoms with Gasteiger partial charge in [-0.2, -0.15) is 0 Å². The average molecular weight is 370 g/mol. The van der Waals surface area contributed by atoms with Gasteiger partial charge in [-0.25, -0.2) is 9.59 Å². The Hall–Kier alpha value is -3.06. The molecular weight excluding hydrogens is 348 g/mol. The lowest BCUT2D eigenvalue weighted by molar-refractivity contribution is 0.0198. The van der Waals surface area contributed by atoms with E-state index in [1.54, 1.807) is 6.92 Å². The van der Waals surface area contributed by atoms with Crippen LogP contribution in [-0.4, -0.2) is 38.6 Å². The molecule has 0 saturated carbocycles. The minimum Gasteiger partial charge on any atom is -0.449 e. The second kappa shape index (κ2) is 9.05. The summed E-state index contributed by atoms with van der Waals surface area (Å²) in [4.78, 5) is 27.5. The van der Waals surface area contributed by atoms with Crippen LogP contribution in [0.1, 0.15) is 24.0 Å². The summed E-state index contributed by atoms with van der Waals surface area (Å²) in [5, 5.41) is 2.60. The topological polar surface area (TPSA) is 85.9 Å². The minimum atomic E-state index is -0.807. The van der Waals surface area contributed by atoms with E-state index in [1.807, 2.05) is 24.3 Å². The lowest BCUT2D eigenvalue weighted by Crippen LogP contribution is -2.34. The van der Waals surface area contributed by atoms with Crippen molar-refractivity contribution in [1.82, 2.24) is 10.8 Å². The van der Waals surface area contributed by atoms with E-state index in [-0.39, 0.29) is 32.2 Å². The second-order valence-corrected chi connectivity index (χ2v) is 5.93. The van der Waals surface area contributed by atoms with Gasteiger partial charge in [-0.15, -0.1) is 5.48 Å². The number of nitrogens with one attached hydrogen (secondary N) is 2. The summed E-state index contributed by atoms with van der Waals surface area (Å²) in [6.07, 6.45) is -1.33. The van der Waals surface area contributed by atoms with Crippen molar-refractivity contribution in [3.8, 4) is 11.1 Å². The van der Waals surface area contributed by atoms with Crippen LogP contribution in [0, 0.1) is 0 Å². The Kier molecular flexibility index (Phi) is 6.27. The number of amides is 1. The van der Waals surface area contributed by atoms with Gasteiger partial charge >= 0.3 is 12.2 Å². The molecule has 0 bridgehead atoms. The molecule has 0 aliphatic heterocycles. The summed E-state index contributed by atoms with van der Waals surface area (Å²) < 4.78 is 9.98. The largest absolute Gasteiger partial charge is 0.527 e. The van der Waals surface area contributed by atoms with Crippen molar-refractivity contribution in [1.29, 1.82) is 0 Å². The van der Waals surface area contributed by atoms with Crippen LogP contribution in [0.25, 0.3) is 11.1 Å². The summed E-state index contributed by atoms with van der Waals surface area (Å²) in [7, 11) is 0. The molecule has 0 fully saturated rings. The molecule has 2 N–H and O–H groups in total. The first-order valence-electron chi connectivity index (χ1n) is 8.86. The van der Waals surface area contributed by atoms with Gasteiger partial charge in [-0.1, -0.05) is 48.5 Å².